The second-order valence-corrected chi connectivity index (χ2v) is 4.36. The van der Waals surface area contributed by atoms with Crippen LogP contribution in [0.25, 0.3) is 0 Å². The number of aromatic nitrogens is 1. The Kier molecular flexibility index (Phi) is 3.08. The largest absolute Gasteiger partial charge is 0.369 e. The lowest BCUT2D eigenvalue weighted by molar-refractivity contribution is 0.527. The molecule has 0 aromatic carbocycles. The van der Waals surface area contributed by atoms with Crippen molar-refractivity contribution in [2.24, 2.45) is 4.99 Å². The van der Waals surface area contributed by atoms with E-state index >= 15 is 0 Å². The van der Waals surface area contributed by atoms with E-state index in [0.29, 0.717) is 0 Å². The summed E-state index contributed by atoms with van der Waals surface area (Å²) in [5.41, 5.74) is 1.17. The number of hydrogen-bond donors (Lipinski definition) is 0. The van der Waals surface area contributed by atoms with E-state index in [0.717, 1.165) is 24.5 Å². The van der Waals surface area contributed by atoms with Crippen LogP contribution < -0.4 is 5.43 Å². The fourth-order valence-corrected chi connectivity index (χ4v) is 1.96. The molecule has 4 nitrogen and oxygen atoms in total. The summed E-state index contributed by atoms with van der Waals surface area (Å²) in [6.45, 7) is 0.968. The van der Waals surface area contributed by atoms with Crippen LogP contribution in [0, 0.1) is 0 Å². The Morgan fingerprint density at radius 3 is 2.94 bits per heavy atom. The molecule has 0 atom stereocenters. The summed E-state index contributed by atoms with van der Waals surface area (Å²) in [4.78, 5) is 17.7. The molecule has 1 aliphatic heterocycles. The first-order valence-corrected chi connectivity index (χ1v) is 5.61. The Balaban J connectivity index is 2.43. The van der Waals surface area contributed by atoms with Crippen molar-refractivity contribution in [1.29, 1.82) is 0 Å². The van der Waals surface area contributed by atoms with Gasteiger partial charge in [-0.15, -0.1) is 0 Å². The zero-order chi connectivity index (χ0) is 11.5. The normalized spacial score (nSPS) is 15.1. The van der Waals surface area contributed by atoms with Crippen molar-refractivity contribution in [3.63, 3.8) is 0 Å². The van der Waals surface area contributed by atoms with Crippen LogP contribution in [-0.4, -0.2) is 29.9 Å². The second kappa shape index (κ2) is 4.51. The smallest absolute Gasteiger partial charge is 0.184 e. The summed E-state index contributed by atoms with van der Waals surface area (Å²) in [7, 11) is 3.84. The van der Waals surface area contributed by atoms with Gasteiger partial charge >= 0.3 is 0 Å². The van der Waals surface area contributed by atoms with E-state index < -0.39 is 0 Å². The standard InChI is InChI=1S/C12H17N3O/c1-14(2)9-13-12-8-11(16)7-10-5-3-4-6-15(10)12/h7-9H,3-6H2,1-2H3/b13-9+. The molecule has 1 aromatic heterocycles. The highest BCUT2D eigenvalue weighted by Crippen LogP contribution is 2.19. The molecule has 0 saturated heterocycles. The number of rotatable bonds is 2. The summed E-state index contributed by atoms with van der Waals surface area (Å²) in [5, 5.41) is 0. The van der Waals surface area contributed by atoms with E-state index in [1.165, 1.54) is 12.8 Å². The fraction of sp³-hybridized carbons (Fsp3) is 0.500. The highest BCUT2D eigenvalue weighted by Gasteiger charge is 2.11. The molecule has 86 valence electrons. The van der Waals surface area contributed by atoms with Crippen molar-refractivity contribution >= 4 is 12.2 Å². The van der Waals surface area contributed by atoms with Gasteiger partial charge in [0, 0.05) is 38.5 Å². The molecule has 0 radical (unpaired) electrons. The first kappa shape index (κ1) is 10.9. The number of hydrogen-bond acceptors (Lipinski definition) is 2. The lowest BCUT2D eigenvalue weighted by Crippen LogP contribution is -2.17. The monoisotopic (exact) mass is 219 g/mol. The predicted molar refractivity (Wildman–Crippen MR) is 65.5 cm³/mol. The van der Waals surface area contributed by atoms with Crippen molar-refractivity contribution in [2.75, 3.05) is 14.1 Å². The molecule has 4 heteroatoms. The first-order chi connectivity index (χ1) is 7.66. The van der Waals surface area contributed by atoms with E-state index in [2.05, 4.69) is 9.56 Å². The van der Waals surface area contributed by atoms with E-state index in [9.17, 15) is 4.79 Å². The molecule has 0 fully saturated rings. The highest BCUT2D eigenvalue weighted by atomic mass is 16.1. The molecule has 0 saturated carbocycles. The number of fused-ring (bicyclic) bond motifs is 1. The number of pyridine rings is 1. The van der Waals surface area contributed by atoms with Crippen LogP contribution in [0.5, 0.6) is 0 Å². The molecule has 1 aromatic rings. The fourth-order valence-electron chi connectivity index (χ4n) is 1.96. The third-order valence-electron chi connectivity index (χ3n) is 2.69. The molecule has 2 heterocycles. The van der Waals surface area contributed by atoms with Gasteiger partial charge in [0.25, 0.3) is 0 Å². The Morgan fingerprint density at radius 1 is 1.38 bits per heavy atom. The molecule has 16 heavy (non-hydrogen) atoms. The maximum Gasteiger partial charge on any atom is 0.184 e. The molecular formula is C12H17N3O. The van der Waals surface area contributed by atoms with Crippen LogP contribution >= 0.6 is 0 Å². The lowest BCUT2D eigenvalue weighted by Gasteiger charge is -2.20. The topological polar surface area (TPSA) is 37.6 Å². The minimum Gasteiger partial charge on any atom is -0.369 e. The minimum atomic E-state index is 0.0547. The summed E-state index contributed by atoms with van der Waals surface area (Å²) in [6, 6.07) is 3.34. The van der Waals surface area contributed by atoms with Gasteiger partial charge in [-0.25, -0.2) is 4.99 Å². The quantitative estimate of drug-likeness (QED) is 0.557. The van der Waals surface area contributed by atoms with Crippen molar-refractivity contribution in [2.45, 2.75) is 25.8 Å². The average Bonchev–Trinajstić information content (AvgIpc) is 2.25. The van der Waals surface area contributed by atoms with E-state index in [1.807, 2.05) is 19.0 Å². The van der Waals surface area contributed by atoms with Gasteiger partial charge in [0.2, 0.25) is 0 Å². The Hall–Kier alpha value is -1.58. The van der Waals surface area contributed by atoms with E-state index in [4.69, 9.17) is 0 Å². The zero-order valence-electron chi connectivity index (χ0n) is 9.81. The maximum absolute atomic E-state index is 11.5. The molecule has 2 rings (SSSR count). The van der Waals surface area contributed by atoms with Crippen LogP contribution in [0.1, 0.15) is 18.5 Å². The van der Waals surface area contributed by atoms with E-state index in [1.54, 1.807) is 18.5 Å². The molecule has 1 aliphatic rings. The molecule has 0 N–H and O–H groups in total. The maximum atomic E-state index is 11.5. The third kappa shape index (κ3) is 2.32. The second-order valence-electron chi connectivity index (χ2n) is 4.36. The summed E-state index contributed by atoms with van der Waals surface area (Å²) in [5.74, 6) is 0.774. The number of nitrogens with zero attached hydrogens (tertiary/aromatic N) is 3. The third-order valence-corrected chi connectivity index (χ3v) is 2.69. The Bertz CT molecular complexity index is 460. The van der Waals surface area contributed by atoms with Gasteiger partial charge in [-0.1, -0.05) is 0 Å². The number of aliphatic imine (C=N–C) groups is 1. The predicted octanol–water partition coefficient (Wildman–Crippen LogP) is 1.41. The molecule has 0 spiro atoms. The SMILES string of the molecule is CN(C)/C=N/c1cc(=O)cc2n1CCCC2. The molecule has 0 bridgehead atoms. The van der Waals surface area contributed by atoms with Gasteiger partial charge in [-0.2, -0.15) is 0 Å². The van der Waals surface area contributed by atoms with Crippen molar-refractivity contribution < 1.29 is 0 Å². The summed E-state index contributed by atoms with van der Waals surface area (Å²) in [6.07, 6.45) is 5.05. The van der Waals surface area contributed by atoms with Crippen LogP contribution in [0.3, 0.4) is 0 Å². The lowest BCUT2D eigenvalue weighted by atomic mass is 10.1. The molecule has 0 aliphatic carbocycles. The van der Waals surface area contributed by atoms with Gasteiger partial charge in [-0.05, 0) is 19.3 Å². The van der Waals surface area contributed by atoms with Crippen LogP contribution in [0.15, 0.2) is 21.9 Å². The Labute approximate surface area is 95.2 Å². The van der Waals surface area contributed by atoms with Crippen LogP contribution in [0.4, 0.5) is 5.82 Å². The number of aryl methyl sites for hydroxylation is 1. The highest BCUT2D eigenvalue weighted by molar-refractivity contribution is 5.59. The van der Waals surface area contributed by atoms with E-state index in [-0.39, 0.29) is 5.43 Å². The van der Waals surface area contributed by atoms with Crippen LogP contribution in [-0.2, 0) is 13.0 Å². The van der Waals surface area contributed by atoms with Gasteiger partial charge < -0.3 is 9.47 Å². The Morgan fingerprint density at radius 2 is 2.19 bits per heavy atom. The summed E-state index contributed by atoms with van der Waals surface area (Å²) >= 11 is 0. The van der Waals surface area contributed by atoms with Crippen LogP contribution in [0.2, 0.25) is 0 Å². The van der Waals surface area contributed by atoms with Gasteiger partial charge in [0.05, 0.1) is 6.34 Å². The van der Waals surface area contributed by atoms with Gasteiger partial charge in [-0.3, -0.25) is 4.79 Å². The minimum absolute atomic E-state index is 0.0547. The zero-order valence-corrected chi connectivity index (χ0v) is 9.81. The van der Waals surface area contributed by atoms with Crippen molar-refractivity contribution in [3.8, 4) is 0 Å². The van der Waals surface area contributed by atoms with Crippen molar-refractivity contribution in [1.82, 2.24) is 9.47 Å². The first-order valence-electron chi connectivity index (χ1n) is 5.61. The van der Waals surface area contributed by atoms with Gasteiger partial charge in [0.15, 0.2) is 5.43 Å². The van der Waals surface area contributed by atoms with Gasteiger partial charge in [0.1, 0.15) is 5.82 Å². The average molecular weight is 219 g/mol. The molecular weight excluding hydrogens is 202 g/mol. The molecule has 0 unspecified atom stereocenters. The van der Waals surface area contributed by atoms with Crippen molar-refractivity contribution in [3.05, 3.63) is 28.0 Å². The summed E-state index contributed by atoms with van der Waals surface area (Å²) < 4.78 is 2.14. The molecule has 0 amide bonds.